The molecule has 0 bridgehead atoms. The van der Waals surface area contributed by atoms with Crippen molar-refractivity contribution in [3.63, 3.8) is 0 Å². The molecule has 1 spiro atoms. The number of pyridine rings is 1. The number of nitrogens with two attached hydrogens (primary N) is 1. The molecule has 3 aliphatic rings. The molecule has 2 fully saturated rings. The summed E-state index contributed by atoms with van der Waals surface area (Å²) in [7, 11) is 0. The molecule has 1 aliphatic heterocycles. The standard InChI is InChI=1S/C19H23N5OS/c20-12-1-4-19(9-12)10-16(19)23-18(25)15-11-24(7-8-26-15)14-3-6-22-17-13(14)2-5-21-17/h2-3,5-6,11-12,16H,1,4,7-10,20H2,(H,21,22)(H,23,25)/t12-,16?,19?/m0/s1. The second-order valence-corrected chi connectivity index (χ2v) is 8.84. The number of thioether (sulfide) groups is 1. The maximum atomic E-state index is 12.8. The summed E-state index contributed by atoms with van der Waals surface area (Å²) in [5, 5.41) is 4.33. The maximum absolute atomic E-state index is 12.8. The first-order valence-corrected chi connectivity index (χ1v) is 10.2. The van der Waals surface area contributed by atoms with Gasteiger partial charge < -0.3 is 20.9 Å². The third kappa shape index (κ3) is 2.70. The number of H-pyrrole nitrogens is 1. The number of rotatable bonds is 3. The molecule has 136 valence electrons. The fourth-order valence-corrected chi connectivity index (χ4v) is 5.39. The van der Waals surface area contributed by atoms with E-state index in [0.717, 1.165) is 59.6 Å². The lowest BCUT2D eigenvalue weighted by atomic mass is 10.0. The highest BCUT2D eigenvalue weighted by molar-refractivity contribution is 8.04. The van der Waals surface area contributed by atoms with Crippen molar-refractivity contribution >= 4 is 34.4 Å². The molecule has 5 rings (SSSR count). The van der Waals surface area contributed by atoms with Crippen LogP contribution in [0.3, 0.4) is 0 Å². The van der Waals surface area contributed by atoms with Gasteiger partial charge in [0, 0.05) is 48.4 Å². The average molecular weight is 369 g/mol. The van der Waals surface area contributed by atoms with E-state index in [4.69, 9.17) is 5.73 Å². The molecule has 2 aliphatic carbocycles. The first-order valence-electron chi connectivity index (χ1n) is 9.24. The third-order valence-corrected chi connectivity index (χ3v) is 7.00. The lowest BCUT2D eigenvalue weighted by Gasteiger charge is -2.26. The van der Waals surface area contributed by atoms with Gasteiger partial charge in [-0.1, -0.05) is 0 Å². The van der Waals surface area contributed by atoms with Crippen molar-refractivity contribution in [1.82, 2.24) is 15.3 Å². The summed E-state index contributed by atoms with van der Waals surface area (Å²) in [5.41, 5.74) is 8.31. The summed E-state index contributed by atoms with van der Waals surface area (Å²) in [6, 6.07) is 4.65. The van der Waals surface area contributed by atoms with Crippen molar-refractivity contribution in [2.24, 2.45) is 11.1 Å². The van der Waals surface area contributed by atoms with Crippen LogP contribution in [0.25, 0.3) is 11.0 Å². The Labute approximate surface area is 156 Å². The van der Waals surface area contributed by atoms with Gasteiger partial charge in [-0.3, -0.25) is 4.79 Å². The van der Waals surface area contributed by atoms with E-state index >= 15 is 0 Å². The molecular formula is C19H23N5OS. The Morgan fingerprint density at radius 3 is 3.19 bits per heavy atom. The van der Waals surface area contributed by atoms with Gasteiger partial charge in [0.2, 0.25) is 0 Å². The highest BCUT2D eigenvalue weighted by Crippen LogP contribution is 2.57. The fourth-order valence-electron chi connectivity index (χ4n) is 4.49. The Bertz CT molecular complexity index is 893. The van der Waals surface area contributed by atoms with Gasteiger partial charge in [-0.15, -0.1) is 11.8 Å². The molecule has 2 saturated carbocycles. The Balaban J connectivity index is 1.33. The van der Waals surface area contributed by atoms with Crippen molar-refractivity contribution in [1.29, 1.82) is 0 Å². The topological polar surface area (TPSA) is 87.0 Å². The number of nitrogens with one attached hydrogen (secondary N) is 2. The number of amides is 1. The van der Waals surface area contributed by atoms with E-state index in [9.17, 15) is 4.79 Å². The number of aromatic amines is 1. The summed E-state index contributed by atoms with van der Waals surface area (Å²) in [5.74, 6) is 0.954. The minimum absolute atomic E-state index is 0.0569. The van der Waals surface area contributed by atoms with Gasteiger partial charge in [0.25, 0.3) is 5.91 Å². The van der Waals surface area contributed by atoms with E-state index in [1.807, 2.05) is 24.5 Å². The Morgan fingerprint density at radius 1 is 1.42 bits per heavy atom. The zero-order valence-electron chi connectivity index (χ0n) is 14.6. The highest BCUT2D eigenvalue weighted by Gasteiger charge is 2.57. The number of anilines is 1. The van der Waals surface area contributed by atoms with E-state index in [1.165, 1.54) is 0 Å². The second kappa shape index (κ2) is 6.03. The smallest absolute Gasteiger partial charge is 0.259 e. The Hall–Kier alpha value is -1.99. The molecule has 4 N–H and O–H groups in total. The number of aromatic nitrogens is 2. The van der Waals surface area contributed by atoms with Crippen LogP contribution in [-0.2, 0) is 4.79 Å². The summed E-state index contributed by atoms with van der Waals surface area (Å²) in [6.07, 6.45) is 10.1. The minimum Gasteiger partial charge on any atom is -0.348 e. The molecule has 2 unspecified atom stereocenters. The molecule has 2 aromatic heterocycles. The maximum Gasteiger partial charge on any atom is 0.259 e. The molecule has 3 atom stereocenters. The monoisotopic (exact) mass is 369 g/mol. The van der Waals surface area contributed by atoms with Crippen molar-refractivity contribution < 1.29 is 4.79 Å². The largest absolute Gasteiger partial charge is 0.348 e. The number of nitrogens with zero attached hydrogens (tertiary/aromatic N) is 2. The first kappa shape index (κ1) is 16.2. The molecular weight excluding hydrogens is 346 g/mol. The van der Waals surface area contributed by atoms with Gasteiger partial charge in [-0.25, -0.2) is 4.98 Å². The van der Waals surface area contributed by atoms with E-state index in [-0.39, 0.29) is 11.3 Å². The SMILES string of the molecule is N[C@H]1CCC2(CC2NC(=O)C2=CN(c3ccnc4[nH]ccc34)CCS2)C1. The van der Waals surface area contributed by atoms with Crippen LogP contribution in [0.5, 0.6) is 0 Å². The van der Waals surface area contributed by atoms with Crippen LogP contribution in [0.15, 0.2) is 35.6 Å². The van der Waals surface area contributed by atoms with Crippen LogP contribution >= 0.6 is 11.8 Å². The van der Waals surface area contributed by atoms with E-state index in [1.54, 1.807) is 18.0 Å². The average Bonchev–Trinajstić information content (AvgIpc) is 3.00. The van der Waals surface area contributed by atoms with Crippen molar-refractivity contribution in [2.75, 3.05) is 17.2 Å². The lowest BCUT2D eigenvalue weighted by Crippen LogP contribution is -2.33. The van der Waals surface area contributed by atoms with Crippen LogP contribution in [0, 0.1) is 5.41 Å². The van der Waals surface area contributed by atoms with Crippen molar-refractivity contribution in [2.45, 2.75) is 37.8 Å². The van der Waals surface area contributed by atoms with Crippen LogP contribution in [0.1, 0.15) is 25.7 Å². The number of fused-ring (bicyclic) bond motifs is 1. The molecule has 1 amide bonds. The number of carbonyl (C=O) groups is 1. The zero-order valence-corrected chi connectivity index (χ0v) is 15.4. The summed E-state index contributed by atoms with van der Waals surface area (Å²) in [4.78, 5) is 23.2. The van der Waals surface area contributed by atoms with Gasteiger partial charge in [-0.05, 0) is 43.2 Å². The Kier molecular flexibility index (Phi) is 3.76. The van der Waals surface area contributed by atoms with Crippen molar-refractivity contribution in [3.8, 4) is 0 Å². The van der Waals surface area contributed by atoms with Gasteiger partial charge in [0.1, 0.15) is 5.65 Å². The number of carbonyl (C=O) groups excluding carboxylic acids is 1. The number of hydrogen-bond donors (Lipinski definition) is 3. The quantitative estimate of drug-likeness (QED) is 0.773. The minimum atomic E-state index is 0.0569. The van der Waals surface area contributed by atoms with Crippen LogP contribution < -0.4 is 16.0 Å². The third-order valence-electron chi connectivity index (χ3n) is 6.01. The molecule has 2 aromatic rings. The van der Waals surface area contributed by atoms with Crippen LogP contribution in [0.4, 0.5) is 5.69 Å². The van der Waals surface area contributed by atoms with E-state index in [0.29, 0.717) is 12.1 Å². The van der Waals surface area contributed by atoms with Gasteiger partial charge >= 0.3 is 0 Å². The molecule has 7 heteroatoms. The predicted octanol–water partition coefficient (Wildman–Crippen LogP) is 2.34. The lowest BCUT2D eigenvalue weighted by molar-refractivity contribution is -0.117. The molecule has 6 nitrogen and oxygen atoms in total. The van der Waals surface area contributed by atoms with Gasteiger partial charge in [0.15, 0.2) is 0 Å². The highest BCUT2D eigenvalue weighted by atomic mass is 32.2. The predicted molar refractivity (Wildman–Crippen MR) is 105 cm³/mol. The summed E-state index contributed by atoms with van der Waals surface area (Å²) in [6.45, 7) is 0.883. The summed E-state index contributed by atoms with van der Waals surface area (Å²) < 4.78 is 0. The molecule has 26 heavy (non-hydrogen) atoms. The fraction of sp³-hybridized carbons (Fsp3) is 0.474. The van der Waals surface area contributed by atoms with E-state index < -0.39 is 0 Å². The molecule has 3 heterocycles. The van der Waals surface area contributed by atoms with Gasteiger partial charge in [0.05, 0.1) is 10.6 Å². The molecule has 0 aromatic carbocycles. The number of hydrogen-bond acceptors (Lipinski definition) is 5. The second-order valence-electron chi connectivity index (χ2n) is 7.70. The first-order chi connectivity index (χ1) is 12.6. The zero-order chi connectivity index (χ0) is 17.7. The van der Waals surface area contributed by atoms with Gasteiger partial charge in [-0.2, -0.15) is 0 Å². The molecule has 0 radical (unpaired) electrons. The van der Waals surface area contributed by atoms with Crippen molar-refractivity contribution in [3.05, 3.63) is 35.6 Å². The Morgan fingerprint density at radius 2 is 2.35 bits per heavy atom. The molecule has 0 saturated heterocycles. The summed E-state index contributed by atoms with van der Waals surface area (Å²) >= 11 is 1.64. The van der Waals surface area contributed by atoms with E-state index in [2.05, 4.69) is 20.2 Å². The normalized spacial score (nSPS) is 30.7. The van der Waals surface area contributed by atoms with Crippen LogP contribution in [0.2, 0.25) is 0 Å². The van der Waals surface area contributed by atoms with Crippen LogP contribution in [-0.4, -0.2) is 40.3 Å².